The molecule has 1 aliphatic heterocycles. The number of piperazine rings is 1. The van der Waals surface area contributed by atoms with Gasteiger partial charge in [0.05, 0.1) is 11.9 Å². The minimum absolute atomic E-state index is 0.140. The van der Waals surface area contributed by atoms with Crippen molar-refractivity contribution in [2.75, 3.05) is 38.1 Å². The van der Waals surface area contributed by atoms with Gasteiger partial charge in [0.25, 0.3) is 5.91 Å². The van der Waals surface area contributed by atoms with Crippen molar-refractivity contribution in [1.29, 1.82) is 0 Å². The lowest BCUT2D eigenvalue weighted by Gasteiger charge is -2.33. The number of rotatable bonds is 4. The average molecular weight is 310 g/mol. The SMILES string of the molecule is CN1CCN(c2ccc(C(=O)NCc3ccccc3)nc2)CC1. The van der Waals surface area contributed by atoms with Crippen molar-refractivity contribution < 1.29 is 4.79 Å². The zero-order chi connectivity index (χ0) is 16.1. The first-order valence-electron chi connectivity index (χ1n) is 7.94. The fourth-order valence-electron chi connectivity index (χ4n) is 2.64. The van der Waals surface area contributed by atoms with Gasteiger partial charge in [-0.15, -0.1) is 0 Å². The Balaban J connectivity index is 1.57. The number of amides is 1. The van der Waals surface area contributed by atoms with Gasteiger partial charge in [0.15, 0.2) is 0 Å². The van der Waals surface area contributed by atoms with Crippen molar-refractivity contribution >= 4 is 11.6 Å². The molecule has 1 saturated heterocycles. The Bertz CT molecular complexity index is 634. The second-order valence-electron chi connectivity index (χ2n) is 5.86. The van der Waals surface area contributed by atoms with Crippen molar-refractivity contribution in [3.8, 4) is 0 Å². The smallest absolute Gasteiger partial charge is 0.270 e. The number of carbonyl (C=O) groups is 1. The minimum atomic E-state index is -0.140. The van der Waals surface area contributed by atoms with Crippen molar-refractivity contribution in [3.05, 3.63) is 59.9 Å². The molecule has 0 saturated carbocycles. The maximum absolute atomic E-state index is 12.2. The van der Waals surface area contributed by atoms with Crippen LogP contribution in [0, 0.1) is 0 Å². The summed E-state index contributed by atoms with van der Waals surface area (Å²) < 4.78 is 0. The Kier molecular flexibility index (Phi) is 4.88. The molecule has 120 valence electrons. The average Bonchev–Trinajstić information content (AvgIpc) is 2.61. The van der Waals surface area contributed by atoms with Gasteiger partial charge < -0.3 is 15.1 Å². The number of nitrogens with zero attached hydrogens (tertiary/aromatic N) is 3. The monoisotopic (exact) mass is 310 g/mol. The Morgan fingerprint density at radius 1 is 1.09 bits per heavy atom. The summed E-state index contributed by atoms with van der Waals surface area (Å²) in [5.74, 6) is -0.140. The Morgan fingerprint density at radius 2 is 1.83 bits per heavy atom. The maximum Gasteiger partial charge on any atom is 0.270 e. The van der Waals surface area contributed by atoms with Crippen LogP contribution in [-0.2, 0) is 6.54 Å². The van der Waals surface area contributed by atoms with Crippen molar-refractivity contribution in [3.63, 3.8) is 0 Å². The van der Waals surface area contributed by atoms with E-state index in [0.717, 1.165) is 37.4 Å². The highest BCUT2D eigenvalue weighted by atomic mass is 16.1. The molecule has 0 unspecified atom stereocenters. The van der Waals surface area contributed by atoms with Crippen LogP contribution in [0.25, 0.3) is 0 Å². The van der Waals surface area contributed by atoms with Gasteiger partial charge in [-0.3, -0.25) is 4.79 Å². The second kappa shape index (κ2) is 7.24. The highest BCUT2D eigenvalue weighted by molar-refractivity contribution is 5.92. The molecule has 1 N–H and O–H groups in total. The molecular formula is C18H22N4O. The molecule has 5 heteroatoms. The van der Waals surface area contributed by atoms with E-state index in [1.807, 2.05) is 36.4 Å². The summed E-state index contributed by atoms with van der Waals surface area (Å²) in [7, 11) is 2.13. The van der Waals surface area contributed by atoms with Gasteiger partial charge in [-0.25, -0.2) is 4.98 Å². The highest BCUT2D eigenvalue weighted by Gasteiger charge is 2.15. The standard InChI is InChI=1S/C18H22N4O/c1-21-9-11-22(12-10-21)16-7-8-17(19-14-16)18(23)20-13-15-5-3-2-4-6-15/h2-8,14H,9-13H2,1H3,(H,20,23). The third-order valence-corrected chi connectivity index (χ3v) is 4.14. The van der Waals surface area contributed by atoms with E-state index in [9.17, 15) is 4.79 Å². The number of carbonyl (C=O) groups excluding carboxylic acids is 1. The number of benzene rings is 1. The largest absolute Gasteiger partial charge is 0.368 e. The minimum Gasteiger partial charge on any atom is -0.368 e. The molecule has 0 radical (unpaired) electrons. The third-order valence-electron chi connectivity index (χ3n) is 4.14. The number of pyridine rings is 1. The molecule has 0 spiro atoms. The molecule has 1 aromatic heterocycles. The predicted molar refractivity (Wildman–Crippen MR) is 91.6 cm³/mol. The molecule has 3 rings (SSSR count). The molecule has 1 aromatic carbocycles. The lowest BCUT2D eigenvalue weighted by molar-refractivity contribution is 0.0946. The number of aromatic nitrogens is 1. The second-order valence-corrected chi connectivity index (χ2v) is 5.86. The first-order valence-corrected chi connectivity index (χ1v) is 7.94. The molecule has 0 atom stereocenters. The first kappa shape index (κ1) is 15.5. The van der Waals surface area contributed by atoms with Crippen LogP contribution in [0.2, 0.25) is 0 Å². The fraction of sp³-hybridized carbons (Fsp3) is 0.333. The summed E-state index contributed by atoms with van der Waals surface area (Å²) in [5, 5.41) is 2.90. The molecule has 0 aliphatic carbocycles. The molecule has 1 amide bonds. The Morgan fingerprint density at radius 3 is 2.48 bits per heavy atom. The topological polar surface area (TPSA) is 48.5 Å². The number of likely N-dealkylation sites (N-methyl/N-ethyl adjacent to an activating group) is 1. The van der Waals surface area contributed by atoms with Gasteiger partial charge in [-0.1, -0.05) is 30.3 Å². The van der Waals surface area contributed by atoms with E-state index in [-0.39, 0.29) is 5.91 Å². The van der Waals surface area contributed by atoms with Crippen LogP contribution in [0.1, 0.15) is 16.1 Å². The van der Waals surface area contributed by atoms with E-state index >= 15 is 0 Å². The van der Waals surface area contributed by atoms with Gasteiger partial charge in [0.2, 0.25) is 0 Å². The molecule has 1 aliphatic rings. The Hall–Kier alpha value is -2.40. The molecule has 2 heterocycles. The van der Waals surface area contributed by atoms with E-state index in [2.05, 4.69) is 27.1 Å². The van der Waals surface area contributed by atoms with Crippen LogP contribution in [0.5, 0.6) is 0 Å². The summed E-state index contributed by atoms with van der Waals surface area (Å²) in [6.07, 6.45) is 1.79. The number of nitrogens with one attached hydrogen (secondary N) is 1. The Labute approximate surface area is 136 Å². The van der Waals surface area contributed by atoms with Gasteiger partial charge in [0.1, 0.15) is 5.69 Å². The third kappa shape index (κ3) is 4.07. The van der Waals surface area contributed by atoms with Crippen LogP contribution < -0.4 is 10.2 Å². The molecule has 5 nitrogen and oxygen atoms in total. The number of anilines is 1. The van der Waals surface area contributed by atoms with Crippen LogP contribution in [-0.4, -0.2) is 49.0 Å². The van der Waals surface area contributed by atoms with Crippen molar-refractivity contribution in [1.82, 2.24) is 15.2 Å². The zero-order valence-electron chi connectivity index (χ0n) is 13.4. The molecule has 0 bridgehead atoms. The summed E-state index contributed by atoms with van der Waals surface area (Å²) in [5.41, 5.74) is 2.62. The van der Waals surface area contributed by atoms with E-state index in [0.29, 0.717) is 12.2 Å². The summed E-state index contributed by atoms with van der Waals surface area (Å²) >= 11 is 0. The van der Waals surface area contributed by atoms with E-state index in [1.165, 1.54) is 0 Å². The predicted octanol–water partition coefficient (Wildman–Crippen LogP) is 1.76. The molecule has 1 fully saturated rings. The van der Waals surface area contributed by atoms with Crippen LogP contribution in [0.15, 0.2) is 48.7 Å². The summed E-state index contributed by atoms with van der Waals surface area (Å²) in [4.78, 5) is 21.1. The van der Waals surface area contributed by atoms with Gasteiger partial charge >= 0.3 is 0 Å². The maximum atomic E-state index is 12.2. The summed E-state index contributed by atoms with van der Waals surface area (Å²) in [6.45, 7) is 4.62. The van der Waals surface area contributed by atoms with Gasteiger partial charge in [-0.2, -0.15) is 0 Å². The van der Waals surface area contributed by atoms with Crippen LogP contribution >= 0.6 is 0 Å². The molecule has 23 heavy (non-hydrogen) atoms. The molecule has 2 aromatic rings. The first-order chi connectivity index (χ1) is 11.2. The summed E-state index contributed by atoms with van der Waals surface area (Å²) in [6, 6.07) is 13.7. The van der Waals surface area contributed by atoms with Crippen molar-refractivity contribution in [2.45, 2.75) is 6.54 Å². The number of hydrogen-bond donors (Lipinski definition) is 1. The van der Waals surface area contributed by atoms with E-state index in [4.69, 9.17) is 0 Å². The van der Waals surface area contributed by atoms with Crippen LogP contribution in [0.3, 0.4) is 0 Å². The quantitative estimate of drug-likeness (QED) is 0.935. The lowest BCUT2D eigenvalue weighted by Crippen LogP contribution is -2.44. The van der Waals surface area contributed by atoms with Gasteiger partial charge in [-0.05, 0) is 24.7 Å². The van der Waals surface area contributed by atoms with Crippen molar-refractivity contribution in [2.24, 2.45) is 0 Å². The highest BCUT2D eigenvalue weighted by Crippen LogP contribution is 2.15. The normalized spacial score (nSPS) is 15.4. The van der Waals surface area contributed by atoms with Crippen LogP contribution in [0.4, 0.5) is 5.69 Å². The lowest BCUT2D eigenvalue weighted by atomic mass is 10.2. The van der Waals surface area contributed by atoms with Gasteiger partial charge in [0, 0.05) is 32.7 Å². The van der Waals surface area contributed by atoms with E-state index in [1.54, 1.807) is 12.3 Å². The van der Waals surface area contributed by atoms with E-state index < -0.39 is 0 Å². The number of hydrogen-bond acceptors (Lipinski definition) is 4. The molecular weight excluding hydrogens is 288 g/mol. The fourth-order valence-corrected chi connectivity index (χ4v) is 2.64. The zero-order valence-corrected chi connectivity index (χ0v) is 13.4.